The molecule has 10 N–H and O–H groups in total. The Hall–Kier alpha value is -10.1. The van der Waals surface area contributed by atoms with Crippen molar-refractivity contribution in [2.24, 2.45) is 27.9 Å². The fourth-order valence-electron chi connectivity index (χ4n) is 16.9. The van der Waals surface area contributed by atoms with Gasteiger partial charge in [-0.2, -0.15) is 13.5 Å². The number of carbonyl (C=O) groups is 10. The number of carbonyl (C=O) groups excluding carboxylic acids is 9. The zero-order chi connectivity index (χ0) is 78.8. The van der Waals surface area contributed by atoms with E-state index in [0.29, 0.717) is 65.7 Å². The third-order valence-corrected chi connectivity index (χ3v) is 24.4. The first-order chi connectivity index (χ1) is 52.2. The van der Waals surface area contributed by atoms with Crippen LogP contribution in [0.15, 0.2) is 97.2 Å². The van der Waals surface area contributed by atoms with Crippen LogP contribution in [0.25, 0.3) is 21.3 Å². The summed E-state index contributed by atoms with van der Waals surface area (Å²) < 4.78 is 74.7. The van der Waals surface area contributed by atoms with Gasteiger partial charge in [-0.15, -0.1) is 0 Å². The highest BCUT2D eigenvalue weighted by Crippen LogP contribution is 2.84. The number of primary amides is 1. The van der Waals surface area contributed by atoms with Gasteiger partial charge in [0.25, 0.3) is 27.8 Å². The number of nitrogens with zero attached hydrogens (tertiary/aromatic N) is 8. The maximum atomic E-state index is 14.1. The number of likely N-dealkylation sites (tertiary alicyclic amines) is 1. The number of hydrogen-bond acceptors (Lipinski definition) is 21. The van der Waals surface area contributed by atoms with Gasteiger partial charge in [-0.05, 0) is 133 Å². The number of hydrogen-bond donors (Lipinski definition) is 9. The van der Waals surface area contributed by atoms with E-state index >= 15 is 0 Å². The van der Waals surface area contributed by atoms with Gasteiger partial charge in [0.1, 0.15) is 30.6 Å². The molecule has 9 atom stereocenters. The molecule has 110 heavy (non-hydrogen) atoms. The smallest absolute Gasteiger partial charge is 0.410 e. The maximum absolute atomic E-state index is 14.1. The van der Waals surface area contributed by atoms with Gasteiger partial charge < -0.3 is 65.6 Å². The molecule has 10 amide bonds. The molecule has 5 unspecified atom stereocenters. The van der Waals surface area contributed by atoms with Crippen LogP contribution in [0.2, 0.25) is 0 Å². The lowest BCUT2D eigenvalue weighted by molar-refractivity contribution is -0.147. The minimum atomic E-state index is -4.41. The topological polar surface area (TPSA) is 453 Å². The molecular formula is C74H88N14O19S3. The highest BCUT2D eigenvalue weighted by Gasteiger charge is 2.81. The number of nitrogens with two attached hydrogens (primary N) is 1. The van der Waals surface area contributed by atoms with E-state index in [1.54, 1.807) is 44.3 Å². The SMILES string of the molecule is Cc1c(-c2ccc(N3CCc4cccc(C(=O)Nc5nc6ccccc6s5)c4C3)nc2C(=O)O)cnn1C[C@]12CC3(C)CC1(C)CC3(OCCN(CCS(=O)O)C(=O)OCc1ccc(NC(=O)[C@H](CCCNC(N)=O)NC(=O)[C@@H](NC(=O)CN3C(=O)[C@@H](N4C(=O)C=CC4=O)CC3COCCS(=O)(=O)O)C(C)C)cc1)C2. The molecule has 5 fully saturated rings. The van der Waals surface area contributed by atoms with Gasteiger partial charge in [0, 0.05) is 85.9 Å². The average Bonchev–Trinajstić information content (AvgIpc) is 1.47. The van der Waals surface area contributed by atoms with Crippen molar-refractivity contribution in [2.75, 3.05) is 79.6 Å². The Morgan fingerprint density at radius 2 is 1.62 bits per heavy atom. The van der Waals surface area contributed by atoms with Crippen molar-refractivity contribution >= 4 is 119 Å². The zero-order valence-corrected chi connectivity index (χ0v) is 63.7. The number of carboxylic acids is 1. The van der Waals surface area contributed by atoms with Gasteiger partial charge in [0.2, 0.25) is 23.6 Å². The summed E-state index contributed by atoms with van der Waals surface area (Å²) in [6, 6.07) is 17.4. The van der Waals surface area contributed by atoms with Crippen molar-refractivity contribution in [1.29, 1.82) is 0 Å². The minimum Gasteiger partial charge on any atom is -0.476 e. The molecule has 4 saturated carbocycles. The fraction of sp³-hybridized carbons (Fsp3) is 0.473. The highest BCUT2D eigenvalue weighted by atomic mass is 32.2. The van der Waals surface area contributed by atoms with Crippen LogP contribution in [0.4, 0.5) is 26.2 Å². The summed E-state index contributed by atoms with van der Waals surface area (Å²) in [5.74, 6) is -7.34. The molecule has 6 heterocycles. The molecule has 0 radical (unpaired) electrons. The summed E-state index contributed by atoms with van der Waals surface area (Å²) in [7, 11) is -4.41. The largest absolute Gasteiger partial charge is 0.476 e. The number of urea groups is 1. The number of ether oxygens (including phenoxy) is 3. The summed E-state index contributed by atoms with van der Waals surface area (Å²) in [5, 5.41) is 29.6. The number of aromatic nitrogens is 4. The molecule has 7 aliphatic rings. The van der Waals surface area contributed by atoms with Crippen LogP contribution >= 0.6 is 11.3 Å². The highest BCUT2D eigenvalue weighted by molar-refractivity contribution is 7.85. The van der Waals surface area contributed by atoms with Gasteiger partial charge in [-0.25, -0.2) is 28.6 Å². The third kappa shape index (κ3) is 17.1. The van der Waals surface area contributed by atoms with Gasteiger partial charge in [-0.3, -0.25) is 53.0 Å². The van der Waals surface area contributed by atoms with Crippen molar-refractivity contribution in [3.05, 3.63) is 131 Å². The lowest BCUT2D eigenvalue weighted by Gasteiger charge is -2.38. The normalized spacial score (nSPS) is 22.5. The van der Waals surface area contributed by atoms with Crippen LogP contribution in [0.3, 0.4) is 0 Å². The zero-order valence-electron chi connectivity index (χ0n) is 61.2. The Labute approximate surface area is 639 Å². The summed E-state index contributed by atoms with van der Waals surface area (Å²) in [6.45, 7) is 9.36. The number of benzene rings is 3. The van der Waals surface area contributed by atoms with Crippen LogP contribution in [0.5, 0.6) is 0 Å². The number of imide groups is 1. The predicted octanol–water partition coefficient (Wildman–Crippen LogP) is 5.40. The quantitative estimate of drug-likeness (QED) is 0.0106. The molecule has 3 aromatic heterocycles. The lowest BCUT2D eigenvalue weighted by atomic mass is 9.69. The summed E-state index contributed by atoms with van der Waals surface area (Å²) >= 11 is -0.860. The number of rotatable bonds is 34. The number of anilines is 3. The van der Waals surface area contributed by atoms with E-state index in [9.17, 15) is 74.8 Å². The average molecular weight is 1570 g/mol. The second-order valence-corrected chi connectivity index (χ2v) is 33.5. The second-order valence-electron chi connectivity index (χ2n) is 29.8. The summed E-state index contributed by atoms with van der Waals surface area (Å²) in [4.78, 5) is 148. The minimum absolute atomic E-state index is 0.0264. The Kier molecular flexibility index (Phi) is 23.4. The first-order valence-corrected chi connectivity index (χ1v) is 39.8. The molecule has 586 valence electrons. The van der Waals surface area contributed by atoms with Crippen molar-refractivity contribution in [3.63, 3.8) is 0 Å². The molecule has 13 rings (SSSR count). The number of fused-ring (bicyclic) bond motifs is 2. The molecule has 36 heteroatoms. The first-order valence-electron chi connectivity index (χ1n) is 36.1. The Morgan fingerprint density at radius 1 is 0.864 bits per heavy atom. The Balaban J connectivity index is 0.644. The third-order valence-electron chi connectivity index (χ3n) is 22.2. The molecule has 3 aliphatic heterocycles. The number of nitrogens with one attached hydrogen (secondary N) is 5. The van der Waals surface area contributed by atoms with E-state index in [0.717, 1.165) is 68.3 Å². The summed E-state index contributed by atoms with van der Waals surface area (Å²) in [6.07, 6.45) is 6.59. The molecule has 33 nitrogen and oxygen atoms in total. The number of carboxylic acid groups (broad SMARTS) is 1. The second kappa shape index (κ2) is 32.4. The number of aromatic carboxylic acids is 1. The number of para-hydroxylation sites is 1. The van der Waals surface area contributed by atoms with Crippen molar-refractivity contribution in [1.82, 2.24) is 50.4 Å². The van der Waals surface area contributed by atoms with Gasteiger partial charge in [0.15, 0.2) is 21.9 Å². The standard InChI is InChI=1S/C74H88N14O19S3/c1-43(2)61(82-58(89)35-86-48(37-105-29-31-110(102,103)104)32-55(66(86)95)88-59(90)21-22-60(88)91)65(94)79-54(13-9-24-76-68(75)98)64(93)78-47-17-15-45(16-18-47)36-106-70(99)84(27-30-109(100)101)26-28-107-74-40-71(4)38-72(74,5)39-73(71,41-74)42-87-44(3)51(33-77-87)49-19-20-57(81-62(49)67(96)97)85-25-23-46-10-8-11-50(52(46)34-85)63(92)83-69-80-53-12-6-7-14-56(53)108-69/h6-8,10-12,14-22,33,43,48,54-55,61H,9,13,23-32,34-42H2,1-5H3,(H,78,93)(H,79,94)(H,82,89)(H,96,97)(H,100,101)(H3,75,76,98)(H,80,83,92)(H,102,103,104)/t48?,54-,55-,61-,71?,72?,73+,74?/m0/s1. The van der Waals surface area contributed by atoms with Crippen LogP contribution < -0.4 is 37.2 Å². The van der Waals surface area contributed by atoms with Crippen molar-refractivity contribution in [2.45, 2.75) is 135 Å². The van der Waals surface area contributed by atoms with E-state index in [1.807, 2.05) is 59.0 Å². The molecular weight excluding hydrogens is 1490 g/mol. The number of pyridine rings is 1. The molecule has 0 spiro atoms. The van der Waals surface area contributed by atoms with Gasteiger partial charge in [-0.1, -0.05) is 75.4 Å². The molecule has 3 aromatic carbocycles. The molecule has 6 aromatic rings. The van der Waals surface area contributed by atoms with Gasteiger partial charge >= 0.3 is 18.1 Å². The van der Waals surface area contributed by atoms with E-state index in [-0.39, 0.29) is 98.0 Å². The van der Waals surface area contributed by atoms with E-state index in [2.05, 4.69) is 45.4 Å². The van der Waals surface area contributed by atoms with Gasteiger partial charge in [0.05, 0.1) is 65.9 Å². The van der Waals surface area contributed by atoms with Crippen molar-refractivity contribution < 1.29 is 89.0 Å². The maximum Gasteiger partial charge on any atom is 0.410 e. The molecule has 1 saturated heterocycles. The van der Waals surface area contributed by atoms with E-state index < -0.39 is 129 Å². The Bertz CT molecular complexity index is 4750. The van der Waals surface area contributed by atoms with Crippen LogP contribution in [0.1, 0.15) is 116 Å². The first kappa shape index (κ1) is 79.4. The van der Waals surface area contributed by atoms with Crippen LogP contribution in [0, 0.1) is 29.1 Å². The Morgan fingerprint density at radius 3 is 2.31 bits per heavy atom. The lowest BCUT2D eigenvalue weighted by Crippen LogP contribution is -2.56. The summed E-state index contributed by atoms with van der Waals surface area (Å²) in [5.41, 5.74) is 9.65. The van der Waals surface area contributed by atoms with Crippen LogP contribution in [-0.4, -0.2) is 215 Å². The van der Waals surface area contributed by atoms with E-state index in [4.69, 9.17) is 30.0 Å². The molecule has 4 bridgehead atoms. The van der Waals surface area contributed by atoms with Crippen molar-refractivity contribution in [3.8, 4) is 11.1 Å². The number of thiazole rings is 1. The predicted molar refractivity (Wildman–Crippen MR) is 402 cm³/mol. The number of amides is 10. The fourth-order valence-corrected chi connectivity index (χ4v) is 18.5. The monoisotopic (exact) mass is 1570 g/mol. The molecule has 4 aliphatic carbocycles. The van der Waals surface area contributed by atoms with E-state index in [1.165, 1.54) is 28.4 Å². The van der Waals surface area contributed by atoms with Crippen LogP contribution in [-0.2, 0) is 90.3 Å².